The molecule has 0 bridgehead atoms. The standard InChI is InChI=1S/C19H21N3O4/c1-12-16-13(20-21-18(23)15-8-5-11-25-15)6-4-7-14(16)26-17(12)19(24)22-9-2-3-10-22/h5,8,11H,2-4,6-7,9-10H2,1H3,(H,21,23)/b20-13+. The summed E-state index contributed by atoms with van der Waals surface area (Å²) in [6.07, 6.45) is 5.88. The fourth-order valence-electron chi connectivity index (χ4n) is 3.63. The number of hydrogen-bond acceptors (Lipinski definition) is 5. The van der Waals surface area contributed by atoms with Crippen molar-refractivity contribution in [3.8, 4) is 0 Å². The molecule has 0 atom stereocenters. The van der Waals surface area contributed by atoms with Gasteiger partial charge in [0.25, 0.3) is 5.91 Å². The maximum absolute atomic E-state index is 12.7. The van der Waals surface area contributed by atoms with Gasteiger partial charge in [-0.05, 0) is 44.7 Å². The number of fused-ring (bicyclic) bond motifs is 1. The maximum atomic E-state index is 12.7. The molecular formula is C19H21N3O4. The lowest BCUT2D eigenvalue weighted by atomic mass is 9.93. The van der Waals surface area contributed by atoms with Gasteiger partial charge in [-0.1, -0.05) is 0 Å². The van der Waals surface area contributed by atoms with E-state index in [0.717, 1.165) is 67.8 Å². The minimum absolute atomic E-state index is 0.0478. The van der Waals surface area contributed by atoms with E-state index >= 15 is 0 Å². The Bertz CT molecular complexity index is 858. The number of nitrogens with zero attached hydrogens (tertiary/aromatic N) is 2. The van der Waals surface area contributed by atoms with Crippen LogP contribution < -0.4 is 5.43 Å². The number of nitrogens with one attached hydrogen (secondary N) is 1. The summed E-state index contributed by atoms with van der Waals surface area (Å²) < 4.78 is 11.0. The molecule has 1 fully saturated rings. The number of rotatable bonds is 3. The molecular weight excluding hydrogens is 334 g/mol. The summed E-state index contributed by atoms with van der Waals surface area (Å²) in [6, 6.07) is 3.23. The Kier molecular flexibility index (Phi) is 4.36. The number of hydrazone groups is 1. The van der Waals surface area contributed by atoms with E-state index in [1.807, 2.05) is 11.8 Å². The molecule has 7 heteroatoms. The van der Waals surface area contributed by atoms with E-state index < -0.39 is 5.91 Å². The third-order valence-electron chi connectivity index (χ3n) is 4.95. The number of likely N-dealkylation sites (tertiary alicyclic amines) is 1. The van der Waals surface area contributed by atoms with E-state index in [4.69, 9.17) is 8.83 Å². The summed E-state index contributed by atoms with van der Waals surface area (Å²) >= 11 is 0. The van der Waals surface area contributed by atoms with Gasteiger partial charge in [0.2, 0.25) is 0 Å². The predicted octanol–water partition coefficient (Wildman–Crippen LogP) is 2.89. The first-order chi connectivity index (χ1) is 12.6. The van der Waals surface area contributed by atoms with Crippen molar-refractivity contribution in [2.75, 3.05) is 13.1 Å². The van der Waals surface area contributed by atoms with Crippen molar-refractivity contribution < 1.29 is 18.4 Å². The van der Waals surface area contributed by atoms with Gasteiger partial charge in [0, 0.05) is 30.6 Å². The van der Waals surface area contributed by atoms with E-state index in [0.29, 0.717) is 5.76 Å². The average Bonchev–Trinajstić information content (AvgIpc) is 3.40. The number of furan rings is 2. The molecule has 0 spiro atoms. The van der Waals surface area contributed by atoms with Crippen LogP contribution in [0.4, 0.5) is 0 Å². The zero-order valence-electron chi connectivity index (χ0n) is 14.7. The van der Waals surface area contributed by atoms with Crippen molar-refractivity contribution in [2.45, 2.75) is 39.0 Å². The van der Waals surface area contributed by atoms with Crippen LogP contribution in [0.25, 0.3) is 0 Å². The molecule has 7 nitrogen and oxygen atoms in total. The lowest BCUT2D eigenvalue weighted by molar-refractivity contribution is 0.0758. The Hall–Kier alpha value is -2.83. The zero-order chi connectivity index (χ0) is 18.1. The second-order valence-electron chi connectivity index (χ2n) is 6.68. The smallest absolute Gasteiger partial charge is 0.307 e. The van der Waals surface area contributed by atoms with Crippen LogP contribution in [0.15, 0.2) is 32.3 Å². The molecule has 2 amide bonds. The summed E-state index contributed by atoms with van der Waals surface area (Å²) in [7, 11) is 0. The van der Waals surface area contributed by atoms with Gasteiger partial charge in [-0.25, -0.2) is 5.43 Å². The van der Waals surface area contributed by atoms with Crippen LogP contribution in [-0.2, 0) is 6.42 Å². The Labute approximate surface area is 151 Å². The van der Waals surface area contributed by atoms with Gasteiger partial charge >= 0.3 is 5.91 Å². The number of aryl methyl sites for hydroxylation is 1. The molecule has 0 saturated carbocycles. The van der Waals surface area contributed by atoms with Gasteiger partial charge in [0.1, 0.15) is 5.76 Å². The van der Waals surface area contributed by atoms with Crippen LogP contribution in [0.2, 0.25) is 0 Å². The minimum atomic E-state index is -0.399. The Morgan fingerprint density at radius 1 is 1.19 bits per heavy atom. The second-order valence-corrected chi connectivity index (χ2v) is 6.68. The van der Waals surface area contributed by atoms with E-state index in [-0.39, 0.29) is 11.7 Å². The molecule has 1 N–H and O–H groups in total. The molecule has 2 aliphatic rings. The van der Waals surface area contributed by atoms with Gasteiger partial charge in [0.05, 0.1) is 12.0 Å². The number of carbonyl (C=O) groups is 2. The number of carbonyl (C=O) groups excluding carboxylic acids is 2. The molecule has 136 valence electrons. The zero-order valence-corrected chi connectivity index (χ0v) is 14.7. The van der Waals surface area contributed by atoms with Gasteiger partial charge < -0.3 is 13.7 Å². The quantitative estimate of drug-likeness (QED) is 0.858. The minimum Gasteiger partial charge on any atom is -0.459 e. The van der Waals surface area contributed by atoms with Crippen molar-refractivity contribution in [3.05, 3.63) is 46.8 Å². The third kappa shape index (κ3) is 2.94. The predicted molar refractivity (Wildman–Crippen MR) is 94.2 cm³/mol. The SMILES string of the molecule is Cc1c(C(=O)N2CCCC2)oc2c1/C(=N/NC(=O)c1ccco1)CCC2. The van der Waals surface area contributed by atoms with Crippen molar-refractivity contribution in [1.29, 1.82) is 0 Å². The highest BCUT2D eigenvalue weighted by Crippen LogP contribution is 2.31. The molecule has 1 aliphatic carbocycles. The Balaban J connectivity index is 1.60. The van der Waals surface area contributed by atoms with Crippen molar-refractivity contribution in [1.82, 2.24) is 10.3 Å². The molecule has 2 aromatic heterocycles. The lowest BCUT2D eigenvalue weighted by Crippen LogP contribution is -2.27. The number of hydrogen-bond donors (Lipinski definition) is 1. The van der Waals surface area contributed by atoms with Crippen LogP contribution in [0.5, 0.6) is 0 Å². The van der Waals surface area contributed by atoms with Gasteiger partial charge in [0.15, 0.2) is 11.5 Å². The van der Waals surface area contributed by atoms with Gasteiger partial charge in [-0.3, -0.25) is 9.59 Å². The van der Waals surface area contributed by atoms with Gasteiger partial charge in [-0.15, -0.1) is 0 Å². The molecule has 0 aromatic carbocycles. The molecule has 2 aromatic rings. The fourth-order valence-corrected chi connectivity index (χ4v) is 3.63. The highest BCUT2D eigenvalue weighted by molar-refractivity contribution is 6.07. The second kappa shape index (κ2) is 6.82. The van der Waals surface area contributed by atoms with Crippen LogP contribution in [0.3, 0.4) is 0 Å². The van der Waals surface area contributed by atoms with E-state index in [1.165, 1.54) is 6.26 Å². The van der Waals surface area contributed by atoms with Crippen LogP contribution >= 0.6 is 0 Å². The topological polar surface area (TPSA) is 88.0 Å². The molecule has 4 rings (SSSR count). The average molecular weight is 355 g/mol. The maximum Gasteiger partial charge on any atom is 0.307 e. The molecule has 1 aliphatic heterocycles. The molecule has 26 heavy (non-hydrogen) atoms. The summed E-state index contributed by atoms with van der Waals surface area (Å²) in [5.74, 6) is 0.947. The van der Waals surface area contributed by atoms with Crippen LogP contribution in [-0.4, -0.2) is 35.5 Å². The van der Waals surface area contributed by atoms with Crippen molar-refractivity contribution in [3.63, 3.8) is 0 Å². The van der Waals surface area contributed by atoms with Crippen LogP contribution in [0, 0.1) is 6.92 Å². The van der Waals surface area contributed by atoms with E-state index in [9.17, 15) is 9.59 Å². The molecule has 3 heterocycles. The summed E-state index contributed by atoms with van der Waals surface area (Å²) in [4.78, 5) is 26.6. The van der Waals surface area contributed by atoms with Crippen molar-refractivity contribution in [2.24, 2.45) is 5.10 Å². The third-order valence-corrected chi connectivity index (χ3v) is 4.95. The van der Waals surface area contributed by atoms with Crippen molar-refractivity contribution >= 4 is 17.5 Å². The fraction of sp³-hybridized carbons (Fsp3) is 0.421. The van der Waals surface area contributed by atoms with Gasteiger partial charge in [-0.2, -0.15) is 5.10 Å². The normalized spacial score (nSPS) is 18.2. The molecule has 0 unspecified atom stereocenters. The van der Waals surface area contributed by atoms with Crippen LogP contribution in [0.1, 0.15) is 63.7 Å². The highest BCUT2D eigenvalue weighted by atomic mass is 16.4. The first kappa shape index (κ1) is 16.6. The Morgan fingerprint density at radius 2 is 2.00 bits per heavy atom. The monoisotopic (exact) mass is 355 g/mol. The highest BCUT2D eigenvalue weighted by Gasteiger charge is 2.31. The summed E-state index contributed by atoms with van der Waals surface area (Å²) in [6.45, 7) is 3.45. The lowest BCUT2D eigenvalue weighted by Gasteiger charge is -2.14. The number of amides is 2. The van der Waals surface area contributed by atoms with E-state index in [1.54, 1.807) is 12.1 Å². The summed E-state index contributed by atoms with van der Waals surface area (Å²) in [5, 5.41) is 4.28. The summed E-state index contributed by atoms with van der Waals surface area (Å²) in [5.41, 5.74) is 4.95. The Morgan fingerprint density at radius 3 is 2.73 bits per heavy atom. The first-order valence-electron chi connectivity index (χ1n) is 8.97. The molecule has 0 radical (unpaired) electrons. The molecule has 1 saturated heterocycles. The first-order valence-corrected chi connectivity index (χ1v) is 8.97. The largest absolute Gasteiger partial charge is 0.459 e. The van der Waals surface area contributed by atoms with E-state index in [2.05, 4.69) is 10.5 Å².